The molecule has 4 heteroatoms. The van der Waals surface area contributed by atoms with Gasteiger partial charge < -0.3 is 9.47 Å². The SMILES string of the molecule is Fc1cccc(CN2CCCC[C@H]2C2OCCO2)c1. The average Bonchev–Trinajstić information content (AvgIpc) is 2.93. The molecule has 2 aliphatic heterocycles. The second-order valence-corrected chi connectivity index (χ2v) is 5.27. The molecule has 3 nitrogen and oxygen atoms in total. The molecule has 0 unspecified atom stereocenters. The van der Waals surface area contributed by atoms with E-state index < -0.39 is 0 Å². The van der Waals surface area contributed by atoms with Gasteiger partial charge in [-0.3, -0.25) is 4.90 Å². The van der Waals surface area contributed by atoms with E-state index in [-0.39, 0.29) is 12.1 Å². The molecule has 1 atom stereocenters. The molecule has 0 amide bonds. The molecule has 1 aromatic carbocycles. The van der Waals surface area contributed by atoms with Crippen molar-refractivity contribution in [2.24, 2.45) is 0 Å². The van der Waals surface area contributed by atoms with E-state index in [0.29, 0.717) is 19.3 Å². The zero-order valence-electron chi connectivity index (χ0n) is 11.1. The van der Waals surface area contributed by atoms with Crippen molar-refractivity contribution < 1.29 is 13.9 Å². The van der Waals surface area contributed by atoms with Crippen molar-refractivity contribution in [3.63, 3.8) is 0 Å². The first-order valence-electron chi connectivity index (χ1n) is 7.04. The van der Waals surface area contributed by atoms with E-state index in [9.17, 15) is 4.39 Å². The van der Waals surface area contributed by atoms with Gasteiger partial charge in [0.2, 0.25) is 0 Å². The van der Waals surface area contributed by atoms with Crippen LogP contribution in [0.25, 0.3) is 0 Å². The minimum atomic E-state index is -0.167. The molecule has 19 heavy (non-hydrogen) atoms. The molecule has 0 spiro atoms. The van der Waals surface area contributed by atoms with Crippen LogP contribution in [-0.2, 0) is 16.0 Å². The minimum absolute atomic E-state index is 0.103. The first-order valence-corrected chi connectivity index (χ1v) is 7.04. The topological polar surface area (TPSA) is 21.7 Å². The van der Waals surface area contributed by atoms with Gasteiger partial charge in [-0.15, -0.1) is 0 Å². The Balaban J connectivity index is 1.69. The standard InChI is InChI=1S/C15H20FNO2/c16-13-5-3-4-12(10-13)11-17-7-2-1-6-14(17)15-18-8-9-19-15/h3-5,10,14-15H,1-2,6-9,11H2/t14-/m0/s1. The highest BCUT2D eigenvalue weighted by Gasteiger charge is 2.33. The molecule has 0 bridgehead atoms. The molecule has 104 valence electrons. The van der Waals surface area contributed by atoms with E-state index in [1.165, 1.54) is 18.9 Å². The molecule has 2 heterocycles. The average molecular weight is 265 g/mol. The smallest absolute Gasteiger partial charge is 0.173 e. The van der Waals surface area contributed by atoms with Crippen LogP contribution in [0.3, 0.4) is 0 Å². The van der Waals surface area contributed by atoms with Crippen molar-refractivity contribution in [1.29, 1.82) is 0 Å². The molecule has 2 fully saturated rings. The zero-order chi connectivity index (χ0) is 13.1. The number of halogens is 1. The van der Waals surface area contributed by atoms with Gasteiger partial charge in [0.05, 0.1) is 19.3 Å². The zero-order valence-corrected chi connectivity index (χ0v) is 11.1. The second-order valence-electron chi connectivity index (χ2n) is 5.27. The lowest BCUT2D eigenvalue weighted by molar-refractivity contribution is -0.111. The number of benzene rings is 1. The summed E-state index contributed by atoms with van der Waals surface area (Å²) in [6, 6.07) is 7.15. The molecule has 0 radical (unpaired) electrons. The maximum Gasteiger partial charge on any atom is 0.173 e. The largest absolute Gasteiger partial charge is 0.349 e. The Hall–Kier alpha value is -0.970. The summed E-state index contributed by atoms with van der Waals surface area (Å²) in [4.78, 5) is 2.37. The van der Waals surface area contributed by atoms with Gasteiger partial charge in [-0.25, -0.2) is 4.39 Å². The summed E-state index contributed by atoms with van der Waals surface area (Å²) in [6.07, 6.45) is 3.40. The minimum Gasteiger partial charge on any atom is -0.349 e. The normalized spacial score (nSPS) is 25.8. The summed E-state index contributed by atoms with van der Waals surface area (Å²) < 4.78 is 24.5. The maximum absolute atomic E-state index is 13.3. The van der Waals surface area contributed by atoms with Gasteiger partial charge in [-0.1, -0.05) is 18.6 Å². The molecular weight excluding hydrogens is 245 g/mol. The monoisotopic (exact) mass is 265 g/mol. The quantitative estimate of drug-likeness (QED) is 0.838. The van der Waals surface area contributed by atoms with Crippen LogP contribution in [0.4, 0.5) is 4.39 Å². The van der Waals surface area contributed by atoms with Crippen molar-refractivity contribution >= 4 is 0 Å². The Bertz CT molecular complexity index is 420. The van der Waals surface area contributed by atoms with Crippen LogP contribution in [0.15, 0.2) is 24.3 Å². The Morgan fingerprint density at radius 1 is 1.21 bits per heavy atom. The predicted molar refractivity (Wildman–Crippen MR) is 70.1 cm³/mol. The van der Waals surface area contributed by atoms with Gasteiger partial charge in [-0.05, 0) is 37.1 Å². The summed E-state index contributed by atoms with van der Waals surface area (Å²) >= 11 is 0. The second kappa shape index (κ2) is 5.99. The highest BCUT2D eigenvalue weighted by atomic mass is 19.1. The molecule has 3 rings (SSSR count). The van der Waals surface area contributed by atoms with Gasteiger partial charge >= 0.3 is 0 Å². The fraction of sp³-hybridized carbons (Fsp3) is 0.600. The van der Waals surface area contributed by atoms with Gasteiger partial charge in [0.15, 0.2) is 6.29 Å². The molecular formula is C15H20FNO2. The predicted octanol–water partition coefficient (Wildman–Crippen LogP) is 2.55. The molecule has 0 saturated carbocycles. The van der Waals surface area contributed by atoms with Crippen LogP contribution in [0.5, 0.6) is 0 Å². The van der Waals surface area contributed by atoms with Crippen molar-refractivity contribution in [2.75, 3.05) is 19.8 Å². The fourth-order valence-corrected chi connectivity index (χ4v) is 2.99. The van der Waals surface area contributed by atoms with Crippen molar-refractivity contribution in [2.45, 2.75) is 38.1 Å². The van der Waals surface area contributed by atoms with Crippen LogP contribution in [0.1, 0.15) is 24.8 Å². The summed E-state index contributed by atoms with van der Waals surface area (Å²) in [5.74, 6) is -0.167. The lowest BCUT2D eigenvalue weighted by Crippen LogP contribution is -2.46. The molecule has 0 aromatic heterocycles. The highest BCUT2D eigenvalue weighted by molar-refractivity contribution is 5.16. The number of hydrogen-bond donors (Lipinski definition) is 0. The van der Waals surface area contributed by atoms with Crippen LogP contribution >= 0.6 is 0 Å². The molecule has 2 saturated heterocycles. The van der Waals surface area contributed by atoms with Crippen LogP contribution in [0.2, 0.25) is 0 Å². The van der Waals surface area contributed by atoms with Crippen LogP contribution < -0.4 is 0 Å². The Labute approximate surface area is 113 Å². The van der Waals surface area contributed by atoms with Gasteiger partial charge in [-0.2, -0.15) is 0 Å². The molecule has 0 aliphatic carbocycles. The number of rotatable bonds is 3. The van der Waals surface area contributed by atoms with Gasteiger partial charge in [0.1, 0.15) is 5.82 Å². The van der Waals surface area contributed by atoms with E-state index in [4.69, 9.17) is 9.47 Å². The maximum atomic E-state index is 13.3. The van der Waals surface area contributed by atoms with Gasteiger partial charge in [0.25, 0.3) is 0 Å². The Morgan fingerprint density at radius 2 is 2.05 bits per heavy atom. The first-order chi connectivity index (χ1) is 9.33. The number of hydrogen-bond acceptors (Lipinski definition) is 3. The molecule has 1 aromatic rings. The third-order valence-corrected chi connectivity index (χ3v) is 3.90. The van der Waals surface area contributed by atoms with Crippen molar-refractivity contribution in [3.8, 4) is 0 Å². The lowest BCUT2D eigenvalue weighted by Gasteiger charge is -2.38. The third kappa shape index (κ3) is 3.14. The van der Waals surface area contributed by atoms with E-state index in [0.717, 1.165) is 25.1 Å². The number of ether oxygens (including phenoxy) is 2. The third-order valence-electron chi connectivity index (χ3n) is 3.90. The number of piperidine rings is 1. The highest BCUT2D eigenvalue weighted by Crippen LogP contribution is 2.26. The van der Waals surface area contributed by atoms with E-state index in [1.807, 2.05) is 6.07 Å². The van der Waals surface area contributed by atoms with Crippen molar-refractivity contribution in [1.82, 2.24) is 4.90 Å². The lowest BCUT2D eigenvalue weighted by atomic mass is 10.0. The fourth-order valence-electron chi connectivity index (χ4n) is 2.99. The van der Waals surface area contributed by atoms with Crippen molar-refractivity contribution in [3.05, 3.63) is 35.6 Å². The number of likely N-dealkylation sites (tertiary alicyclic amines) is 1. The van der Waals surface area contributed by atoms with Crippen LogP contribution in [0, 0.1) is 5.82 Å². The summed E-state index contributed by atoms with van der Waals surface area (Å²) in [5, 5.41) is 0. The Morgan fingerprint density at radius 3 is 2.84 bits per heavy atom. The number of nitrogens with zero attached hydrogens (tertiary/aromatic N) is 1. The summed E-state index contributed by atoms with van der Waals surface area (Å²) in [7, 11) is 0. The summed E-state index contributed by atoms with van der Waals surface area (Å²) in [5.41, 5.74) is 1.02. The summed E-state index contributed by atoms with van der Waals surface area (Å²) in [6.45, 7) is 3.18. The van der Waals surface area contributed by atoms with E-state index in [2.05, 4.69) is 4.90 Å². The van der Waals surface area contributed by atoms with Gasteiger partial charge in [0, 0.05) is 6.54 Å². The Kier molecular flexibility index (Phi) is 4.11. The van der Waals surface area contributed by atoms with Crippen LogP contribution in [-0.4, -0.2) is 37.0 Å². The molecule has 0 N–H and O–H groups in total. The first kappa shape index (κ1) is 13.0. The van der Waals surface area contributed by atoms with E-state index >= 15 is 0 Å². The van der Waals surface area contributed by atoms with E-state index in [1.54, 1.807) is 12.1 Å². The molecule has 2 aliphatic rings.